The molecule has 35 heavy (non-hydrogen) atoms. The topological polar surface area (TPSA) is 98.7 Å². The van der Waals surface area contributed by atoms with Crippen molar-refractivity contribution >= 4 is 33.7 Å². The van der Waals surface area contributed by atoms with Gasteiger partial charge in [-0.1, -0.05) is 82.6 Å². The Labute approximate surface area is 218 Å². The molecule has 0 aliphatic rings. The zero-order chi connectivity index (χ0) is 27.3. The monoisotopic (exact) mass is 551 g/mol. The number of hydrogen-bond donors (Lipinski definition) is 3. The first-order valence-electron chi connectivity index (χ1n) is 11.9. The zero-order valence-electron chi connectivity index (χ0n) is 22.7. The van der Waals surface area contributed by atoms with Crippen molar-refractivity contribution in [3.63, 3.8) is 0 Å². The second-order valence-electron chi connectivity index (χ2n) is 11.1. The van der Waals surface area contributed by atoms with Crippen LogP contribution >= 0.6 is 15.9 Å². The highest BCUT2D eigenvalue weighted by Gasteiger charge is 2.41. The van der Waals surface area contributed by atoms with E-state index in [2.05, 4.69) is 26.6 Å². The average molecular weight is 553 g/mol. The lowest BCUT2D eigenvalue weighted by atomic mass is 9.76. The van der Waals surface area contributed by atoms with E-state index in [1.807, 2.05) is 72.7 Å². The van der Waals surface area contributed by atoms with Crippen molar-refractivity contribution in [2.75, 3.05) is 14.1 Å². The SMILES string of the molecule is CN[C@@H](C(=O)N[C@H](C(=O)N(C)[C@H](/C=C(\C)C(=O)O)C(C)C)C(C)(C)C)C(C)(C)c1cccc(Br)c1. The normalized spacial score (nSPS) is 15.4. The molecule has 7 nitrogen and oxygen atoms in total. The molecule has 0 radical (unpaired) electrons. The van der Waals surface area contributed by atoms with Crippen LogP contribution in [0.2, 0.25) is 0 Å². The molecule has 3 N–H and O–H groups in total. The number of carbonyl (C=O) groups excluding carboxylic acids is 2. The summed E-state index contributed by atoms with van der Waals surface area (Å²) < 4.78 is 0.923. The molecule has 8 heteroatoms. The predicted octanol–water partition coefficient (Wildman–Crippen LogP) is 4.36. The predicted molar refractivity (Wildman–Crippen MR) is 144 cm³/mol. The highest BCUT2D eigenvalue weighted by Crippen LogP contribution is 2.30. The molecule has 0 bridgehead atoms. The smallest absolute Gasteiger partial charge is 0.331 e. The lowest BCUT2D eigenvalue weighted by Gasteiger charge is -2.40. The van der Waals surface area contributed by atoms with Gasteiger partial charge in [0.05, 0.1) is 12.1 Å². The number of aliphatic carboxylic acids is 1. The van der Waals surface area contributed by atoms with Gasteiger partial charge in [-0.25, -0.2) is 4.79 Å². The van der Waals surface area contributed by atoms with E-state index in [4.69, 9.17) is 0 Å². The van der Waals surface area contributed by atoms with E-state index in [0.717, 1.165) is 10.0 Å². The van der Waals surface area contributed by atoms with Gasteiger partial charge in [0.2, 0.25) is 11.8 Å². The molecule has 1 aromatic carbocycles. The lowest BCUT2D eigenvalue weighted by Crippen LogP contribution is -2.61. The molecule has 0 spiro atoms. The Bertz CT molecular complexity index is 950. The van der Waals surface area contributed by atoms with Crippen molar-refractivity contribution in [1.29, 1.82) is 0 Å². The second kappa shape index (κ2) is 12.2. The third-order valence-corrected chi connectivity index (χ3v) is 6.97. The van der Waals surface area contributed by atoms with Gasteiger partial charge in [0.25, 0.3) is 0 Å². The number of amides is 2. The first-order chi connectivity index (χ1) is 15.9. The quantitative estimate of drug-likeness (QED) is 0.375. The number of benzene rings is 1. The first-order valence-corrected chi connectivity index (χ1v) is 12.7. The Kier molecular flexibility index (Phi) is 10.7. The lowest BCUT2D eigenvalue weighted by molar-refractivity contribution is -0.141. The maximum atomic E-state index is 13.7. The van der Waals surface area contributed by atoms with Gasteiger partial charge in [0, 0.05) is 22.5 Å². The van der Waals surface area contributed by atoms with Gasteiger partial charge in [-0.3, -0.25) is 9.59 Å². The van der Waals surface area contributed by atoms with Gasteiger partial charge in [-0.05, 0) is 43.0 Å². The van der Waals surface area contributed by atoms with E-state index < -0.39 is 34.9 Å². The van der Waals surface area contributed by atoms with Crippen LogP contribution in [0.1, 0.15) is 61.0 Å². The van der Waals surface area contributed by atoms with E-state index in [0.29, 0.717) is 0 Å². The zero-order valence-corrected chi connectivity index (χ0v) is 24.3. The Hall–Kier alpha value is -2.19. The van der Waals surface area contributed by atoms with Crippen LogP contribution in [0, 0.1) is 11.3 Å². The van der Waals surface area contributed by atoms with Crippen molar-refractivity contribution in [1.82, 2.24) is 15.5 Å². The summed E-state index contributed by atoms with van der Waals surface area (Å²) in [5.74, 6) is -1.59. The molecule has 1 aromatic rings. The Morgan fingerprint density at radius 3 is 2.09 bits per heavy atom. The Morgan fingerprint density at radius 1 is 1.09 bits per heavy atom. The van der Waals surface area contributed by atoms with Crippen molar-refractivity contribution < 1.29 is 19.5 Å². The molecule has 0 saturated heterocycles. The largest absolute Gasteiger partial charge is 0.478 e. The van der Waals surface area contributed by atoms with Crippen molar-refractivity contribution in [3.8, 4) is 0 Å². The van der Waals surface area contributed by atoms with Gasteiger partial charge in [0.15, 0.2) is 0 Å². The summed E-state index contributed by atoms with van der Waals surface area (Å²) in [5.41, 5.74) is 0.00526. The van der Waals surface area contributed by atoms with Crippen LogP contribution in [0.4, 0.5) is 0 Å². The summed E-state index contributed by atoms with van der Waals surface area (Å²) in [7, 11) is 3.39. The molecular weight excluding hydrogens is 510 g/mol. The minimum Gasteiger partial charge on any atom is -0.478 e. The molecule has 0 heterocycles. The molecule has 0 aliphatic heterocycles. The molecule has 2 amide bonds. The summed E-state index contributed by atoms with van der Waals surface area (Å²) in [6.07, 6.45) is 1.60. The van der Waals surface area contributed by atoms with E-state index in [1.54, 1.807) is 25.1 Å². The van der Waals surface area contributed by atoms with E-state index in [1.165, 1.54) is 6.92 Å². The number of carboxylic acid groups (broad SMARTS) is 1. The van der Waals surface area contributed by atoms with Crippen LogP contribution < -0.4 is 10.6 Å². The summed E-state index contributed by atoms with van der Waals surface area (Å²) in [6, 6.07) is 5.99. The molecule has 0 fully saturated rings. The highest BCUT2D eigenvalue weighted by atomic mass is 79.9. The molecule has 0 unspecified atom stereocenters. The maximum Gasteiger partial charge on any atom is 0.331 e. The molecule has 0 aromatic heterocycles. The van der Waals surface area contributed by atoms with Gasteiger partial charge >= 0.3 is 5.97 Å². The fourth-order valence-corrected chi connectivity index (χ4v) is 4.58. The van der Waals surface area contributed by atoms with E-state index in [-0.39, 0.29) is 23.3 Å². The Morgan fingerprint density at radius 2 is 1.66 bits per heavy atom. The van der Waals surface area contributed by atoms with Crippen LogP contribution in [0.25, 0.3) is 0 Å². The standard InChI is InChI=1S/C27H42BrN3O4/c1-16(2)20(14-17(3)25(34)35)31(10)24(33)22(26(4,5)6)30-23(32)21(29-9)27(7,8)18-12-11-13-19(28)15-18/h11-16,20-22,29H,1-10H3,(H,30,32)(H,34,35)/b17-14+/t20-,21+,22-/m1/s1. The van der Waals surface area contributed by atoms with E-state index in [9.17, 15) is 19.5 Å². The first kappa shape index (κ1) is 30.8. The highest BCUT2D eigenvalue weighted by molar-refractivity contribution is 9.10. The van der Waals surface area contributed by atoms with Gasteiger partial charge in [-0.2, -0.15) is 0 Å². The fourth-order valence-electron chi connectivity index (χ4n) is 4.18. The number of nitrogens with zero attached hydrogens (tertiary/aromatic N) is 1. The summed E-state index contributed by atoms with van der Waals surface area (Å²) in [6.45, 7) is 15.1. The molecule has 3 atom stereocenters. The summed E-state index contributed by atoms with van der Waals surface area (Å²) in [4.78, 5) is 40.2. The van der Waals surface area contributed by atoms with Gasteiger partial charge in [-0.15, -0.1) is 0 Å². The minimum absolute atomic E-state index is 0.0184. The fraction of sp³-hybridized carbons (Fsp3) is 0.593. The van der Waals surface area contributed by atoms with Crippen molar-refractivity contribution in [2.24, 2.45) is 11.3 Å². The molecule has 0 saturated carbocycles. The van der Waals surface area contributed by atoms with Crippen LogP contribution in [-0.4, -0.2) is 60.0 Å². The third-order valence-electron chi connectivity index (χ3n) is 6.48. The number of carbonyl (C=O) groups is 3. The number of rotatable bonds is 10. The van der Waals surface area contributed by atoms with Crippen LogP contribution in [-0.2, 0) is 19.8 Å². The van der Waals surface area contributed by atoms with Gasteiger partial charge in [0.1, 0.15) is 6.04 Å². The molecular formula is C27H42BrN3O4. The van der Waals surface area contributed by atoms with E-state index >= 15 is 0 Å². The van der Waals surface area contributed by atoms with Crippen LogP contribution in [0.5, 0.6) is 0 Å². The molecule has 196 valence electrons. The van der Waals surface area contributed by atoms with Crippen LogP contribution in [0.15, 0.2) is 40.4 Å². The average Bonchev–Trinajstić information content (AvgIpc) is 2.73. The second-order valence-corrected chi connectivity index (χ2v) is 12.0. The molecule has 0 aliphatic carbocycles. The minimum atomic E-state index is -1.02. The maximum absolute atomic E-state index is 13.7. The van der Waals surface area contributed by atoms with Crippen molar-refractivity contribution in [3.05, 3.63) is 46.0 Å². The third kappa shape index (κ3) is 7.90. The summed E-state index contributed by atoms with van der Waals surface area (Å²) >= 11 is 3.50. The molecule has 1 rings (SSSR count). The van der Waals surface area contributed by atoms with Crippen LogP contribution in [0.3, 0.4) is 0 Å². The summed E-state index contributed by atoms with van der Waals surface area (Å²) in [5, 5.41) is 15.5. The van der Waals surface area contributed by atoms with Gasteiger partial charge < -0.3 is 20.6 Å². The number of carboxylic acids is 1. The van der Waals surface area contributed by atoms with Crippen molar-refractivity contribution in [2.45, 2.75) is 78.9 Å². The number of halogens is 1. The Balaban J connectivity index is 3.32. The number of hydrogen-bond acceptors (Lipinski definition) is 4. The number of likely N-dealkylation sites (N-methyl/N-ethyl adjacent to an activating group) is 2. The number of nitrogens with one attached hydrogen (secondary N) is 2.